The Labute approximate surface area is 187 Å². The second-order valence-corrected chi connectivity index (χ2v) is 7.25. The minimum Gasteiger partial charge on any atom is -0.493 e. The number of H-pyrrole nitrogens is 1. The van der Waals surface area contributed by atoms with Crippen molar-refractivity contribution in [2.45, 2.75) is 13.0 Å². The summed E-state index contributed by atoms with van der Waals surface area (Å²) in [4.78, 5) is 7.75. The lowest BCUT2D eigenvalue weighted by atomic mass is 10.0. The van der Waals surface area contributed by atoms with Gasteiger partial charge in [-0.15, -0.1) is 6.58 Å². The smallest absolute Gasteiger partial charge is 0.165 e. The Morgan fingerprint density at radius 3 is 2.62 bits per heavy atom. The molecule has 5 nitrogen and oxygen atoms in total. The third kappa shape index (κ3) is 4.55. The maximum atomic E-state index is 9.78. The van der Waals surface area contributed by atoms with Crippen LogP contribution in [0.4, 0.5) is 0 Å². The van der Waals surface area contributed by atoms with Gasteiger partial charge in [0.15, 0.2) is 11.5 Å². The van der Waals surface area contributed by atoms with Gasteiger partial charge in [-0.25, -0.2) is 4.98 Å². The molecule has 0 amide bonds. The number of hydrogen-bond acceptors (Lipinski definition) is 4. The predicted molar refractivity (Wildman–Crippen MR) is 127 cm³/mol. The third-order valence-corrected chi connectivity index (χ3v) is 5.04. The predicted octanol–water partition coefficient (Wildman–Crippen LogP) is 5.94. The fourth-order valence-corrected chi connectivity index (χ4v) is 3.52. The number of rotatable bonds is 8. The zero-order chi connectivity index (χ0) is 22.3. The summed E-state index contributed by atoms with van der Waals surface area (Å²) in [5.41, 5.74) is 4.97. The van der Waals surface area contributed by atoms with E-state index in [9.17, 15) is 5.26 Å². The first-order valence-electron chi connectivity index (χ1n) is 10.3. The van der Waals surface area contributed by atoms with E-state index in [4.69, 9.17) is 9.47 Å². The molecule has 1 N–H and O–H groups in total. The molecule has 0 aliphatic heterocycles. The fourth-order valence-electron chi connectivity index (χ4n) is 3.52. The number of hydrogen-bond donors (Lipinski definition) is 1. The highest BCUT2D eigenvalue weighted by atomic mass is 16.5. The Hall–Kier alpha value is -4.30. The topological polar surface area (TPSA) is 70.9 Å². The minimum absolute atomic E-state index is 0.430. The summed E-state index contributed by atoms with van der Waals surface area (Å²) in [5, 5.41) is 9.78. The van der Waals surface area contributed by atoms with E-state index in [1.165, 1.54) is 0 Å². The average Bonchev–Trinajstić information content (AvgIpc) is 3.26. The summed E-state index contributed by atoms with van der Waals surface area (Å²) >= 11 is 0. The number of nitriles is 1. The molecule has 158 valence electrons. The minimum atomic E-state index is 0.430. The van der Waals surface area contributed by atoms with Crippen LogP contribution in [0, 0.1) is 11.3 Å². The van der Waals surface area contributed by atoms with E-state index in [0.29, 0.717) is 35.9 Å². The third-order valence-electron chi connectivity index (χ3n) is 5.04. The second-order valence-electron chi connectivity index (χ2n) is 7.25. The first kappa shape index (κ1) is 21.0. The van der Waals surface area contributed by atoms with Gasteiger partial charge >= 0.3 is 0 Å². The Balaban J connectivity index is 1.71. The summed E-state index contributed by atoms with van der Waals surface area (Å²) in [6.45, 7) is 4.30. The SMILES string of the molecule is C=CCc1cc(/C=C(\C#N)c2nc3ccccc3[nH]2)cc(OC)c1OCc1ccccc1. The van der Waals surface area contributed by atoms with Crippen LogP contribution in [0.1, 0.15) is 22.5 Å². The number of fused-ring (bicyclic) bond motifs is 1. The van der Waals surface area contributed by atoms with Gasteiger partial charge < -0.3 is 14.5 Å². The summed E-state index contributed by atoms with van der Waals surface area (Å²) in [6.07, 6.45) is 4.23. The maximum Gasteiger partial charge on any atom is 0.165 e. The van der Waals surface area contributed by atoms with Crippen LogP contribution in [-0.2, 0) is 13.0 Å². The second kappa shape index (κ2) is 9.67. The maximum absolute atomic E-state index is 9.78. The Kier molecular flexibility index (Phi) is 6.33. The molecule has 0 aliphatic carbocycles. The fraction of sp³-hybridized carbons (Fsp3) is 0.111. The molecule has 0 aliphatic rings. The number of ether oxygens (including phenoxy) is 2. The molecular weight excluding hydrogens is 398 g/mol. The molecule has 0 atom stereocenters. The van der Waals surface area contributed by atoms with Crippen molar-refractivity contribution in [2.24, 2.45) is 0 Å². The number of methoxy groups -OCH3 is 1. The van der Waals surface area contributed by atoms with E-state index in [1.807, 2.05) is 72.8 Å². The van der Waals surface area contributed by atoms with Gasteiger partial charge in [-0.05, 0) is 47.9 Å². The molecule has 0 saturated carbocycles. The molecule has 0 spiro atoms. The quantitative estimate of drug-likeness (QED) is 0.282. The van der Waals surface area contributed by atoms with Crippen molar-refractivity contribution >= 4 is 22.7 Å². The van der Waals surface area contributed by atoms with Gasteiger partial charge in [-0.1, -0.05) is 48.5 Å². The highest BCUT2D eigenvalue weighted by Crippen LogP contribution is 2.35. The molecule has 0 radical (unpaired) electrons. The molecule has 0 fully saturated rings. The number of aromatic amines is 1. The lowest BCUT2D eigenvalue weighted by molar-refractivity contribution is 0.282. The van der Waals surface area contributed by atoms with Gasteiger partial charge in [0.1, 0.15) is 18.5 Å². The van der Waals surface area contributed by atoms with E-state index in [1.54, 1.807) is 13.2 Å². The number of aromatic nitrogens is 2. The van der Waals surface area contributed by atoms with Crippen LogP contribution in [0.15, 0.2) is 79.4 Å². The number of para-hydroxylation sites is 2. The molecule has 0 unspecified atom stereocenters. The first-order chi connectivity index (χ1) is 15.7. The van der Waals surface area contributed by atoms with Crippen molar-refractivity contribution in [1.82, 2.24) is 9.97 Å². The molecule has 0 bridgehead atoms. The Bertz CT molecular complexity index is 1280. The van der Waals surface area contributed by atoms with E-state index >= 15 is 0 Å². The normalized spacial score (nSPS) is 11.2. The summed E-state index contributed by atoms with van der Waals surface area (Å²) < 4.78 is 11.8. The molecule has 4 aromatic rings. The highest BCUT2D eigenvalue weighted by Gasteiger charge is 2.14. The van der Waals surface area contributed by atoms with Crippen LogP contribution < -0.4 is 9.47 Å². The number of allylic oxidation sites excluding steroid dienone is 2. The molecule has 32 heavy (non-hydrogen) atoms. The van der Waals surface area contributed by atoms with Crippen molar-refractivity contribution in [3.63, 3.8) is 0 Å². The van der Waals surface area contributed by atoms with Crippen LogP contribution in [-0.4, -0.2) is 17.1 Å². The molecule has 0 saturated heterocycles. The van der Waals surface area contributed by atoms with Gasteiger partial charge in [0, 0.05) is 5.56 Å². The van der Waals surface area contributed by atoms with Crippen LogP contribution in [0.2, 0.25) is 0 Å². The average molecular weight is 422 g/mol. The van der Waals surface area contributed by atoms with Crippen molar-refractivity contribution in [3.8, 4) is 17.6 Å². The van der Waals surface area contributed by atoms with Gasteiger partial charge in [-0.2, -0.15) is 5.26 Å². The zero-order valence-electron chi connectivity index (χ0n) is 17.8. The molecule has 4 rings (SSSR count). The largest absolute Gasteiger partial charge is 0.493 e. The van der Waals surface area contributed by atoms with E-state index in [0.717, 1.165) is 27.7 Å². The summed E-state index contributed by atoms with van der Waals surface area (Å²) in [5.74, 6) is 1.81. The monoisotopic (exact) mass is 421 g/mol. The highest BCUT2D eigenvalue weighted by molar-refractivity contribution is 5.90. The standard InChI is InChI=1S/C27H23N3O2/c1-3-9-21-14-20(15-22(17-28)27-29-23-12-7-8-13-24(23)30-27)16-25(31-2)26(21)32-18-19-10-5-4-6-11-19/h3-8,10-16H,1,9,18H2,2H3,(H,29,30)/b22-15+. The van der Waals surface area contributed by atoms with Crippen LogP contribution >= 0.6 is 0 Å². The molecule has 1 heterocycles. The molecular formula is C27H23N3O2. The summed E-state index contributed by atoms with van der Waals surface area (Å²) in [7, 11) is 1.61. The van der Waals surface area contributed by atoms with Crippen molar-refractivity contribution in [3.05, 3.63) is 102 Å². The van der Waals surface area contributed by atoms with E-state index < -0.39 is 0 Å². The van der Waals surface area contributed by atoms with Crippen molar-refractivity contribution in [2.75, 3.05) is 7.11 Å². The lowest BCUT2D eigenvalue weighted by Gasteiger charge is -2.16. The van der Waals surface area contributed by atoms with Gasteiger partial charge in [0.05, 0.1) is 23.7 Å². The number of benzene rings is 3. The van der Waals surface area contributed by atoms with Crippen molar-refractivity contribution in [1.29, 1.82) is 5.26 Å². The molecule has 3 aromatic carbocycles. The van der Waals surface area contributed by atoms with Crippen molar-refractivity contribution < 1.29 is 9.47 Å². The lowest BCUT2D eigenvalue weighted by Crippen LogP contribution is -2.01. The Morgan fingerprint density at radius 1 is 1.12 bits per heavy atom. The Morgan fingerprint density at radius 2 is 1.91 bits per heavy atom. The van der Waals surface area contributed by atoms with Gasteiger partial charge in [0.2, 0.25) is 0 Å². The molecule has 5 heteroatoms. The van der Waals surface area contributed by atoms with E-state index in [-0.39, 0.29) is 0 Å². The van der Waals surface area contributed by atoms with Crippen LogP contribution in [0.5, 0.6) is 11.5 Å². The van der Waals surface area contributed by atoms with Crippen LogP contribution in [0.25, 0.3) is 22.7 Å². The number of imidazole rings is 1. The van der Waals surface area contributed by atoms with Gasteiger partial charge in [0.25, 0.3) is 0 Å². The van der Waals surface area contributed by atoms with Gasteiger partial charge in [-0.3, -0.25) is 0 Å². The zero-order valence-corrected chi connectivity index (χ0v) is 17.8. The first-order valence-corrected chi connectivity index (χ1v) is 10.3. The number of nitrogens with zero attached hydrogens (tertiary/aromatic N) is 2. The van der Waals surface area contributed by atoms with E-state index in [2.05, 4.69) is 22.6 Å². The number of nitrogens with one attached hydrogen (secondary N) is 1. The van der Waals surface area contributed by atoms with Crippen LogP contribution in [0.3, 0.4) is 0 Å². The molecule has 1 aromatic heterocycles. The summed E-state index contributed by atoms with van der Waals surface area (Å²) in [6, 6.07) is 23.8.